The molecule has 2 heteroatoms. The van der Waals surface area contributed by atoms with Crippen LogP contribution in [0.1, 0.15) is 42.3 Å². The van der Waals surface area contributed by atoms with Crippen LogP contribution in [0.5, 0.6) is 0 Å². The molecule has 0 saturated carbocycles. The van der Waals surface area contributed by atoms with Gasteiger partial charge in [0, 0.05) is 11.4 Å². The van der Waals surface area contributed by atoms with E-state index in [0.717, 1.165) is 5.69 Å². The summed E-state index contributed by atoms with van der Waals surface area (Å²) in [6, 6.07) is 2.68. The largest absolute Gasteiger partial charge is 0.262 e. The van der Waals surface area contributed by atoms with Crippen molar-refractivity contribution < 1.29 is 0 Å². The molecule has 0 aliphatic rings. The summed E-state index contributed by atoms with van der Waals surface area (Å²) < 4.78 is 2.13. The molecule has 0 aliphatic heterocycles. The number of aromatic nitrogens is 2. The Labute approximate surface area is 97.3 Å². The Balaban J connectivity index is 2.92. The predicted molar refractivity (Wildman–Crippen MR) is 69.1 cm³/mol. The lowest BCUT2D eigenvalue weighted by Crippen LogP contribution is -2.02. The van der Waals surface area contributed by atoms with E-state index in [4.69, 9.17) is 0 Å². The topological polar surface area (TPSA) is 17.8 Å². The van der Waals surface area contributed by atoms with Crippen LogP contribution in [0.3, 0.4) is 0 Å². The Kier molecular flexibility index (Phi) is 2.53. The Morgan fingerprint density at radius 3 is 2.25 bits per heavy atom. The first kappa shape index (κ1) is 11.2. The van der Waals surface area contributed by atoms with Crippen LogP contribution in [0.4, 0.5) is 0 Å². The van der Waals surface area contributed by atoms with Crippen molar-refractivity contribution in [2.24, 2.45) is 0 Å². The van der Waals surface area contributed by atoms with Gasteiger partial charge in [0.25, 0.3) is 0 Å². The highest BCUT2D eigenvalue weighted by molar-refractivity contribution is 5.87. The Morgan fingerprint density at radius 1 is 1.06 bits per heavy atom. The first-order valence-electron chi connectivity index (χ1n) is 5.89. The lowest BCUT2D eigenvalue weighted by atomic mass is 9.99. The molecule has 0 aliphatic carbocycles. The van der Waals surface area contributed by atoms with Crippen LogP contribution >= 0.6 is 0 Å². The molecule has 86 valence electrons. The van der Waals surface area contributed by atoms with Crippen LogP contribution in [0, 0.1) is 27.7 Å². The van der Waals surface area contributed by atoms with Crippen LogP contribution in [0.15, 0.2) is 6.07 Å². The zero-order valence-electron chi connectivity index (χ0n) is 11.0. The monoisotopic (exact) mass is 216 g/mol. The molecule has 2 rings (SSSR count). The van der Waals surface area contributed by atoms with Gasteiger partial charge in [0.05, 0.1) is 11.2 Å². The second-order valence-corrected chi connectivity index (χ2v) is 4.96. The molecular formula is C14H20N2. The van der Waals surface area contributed by atoms with Crippen LogP contribution in [-0.2, 0) is 0 Å². The molecular weight excluding hydrogens is 196 g/mol. The zero-order chi connectivity index (χ0) is 12.0. The summed E-state index contributed by atoms with van der Waals surface area (Å²) in [6.07, 6.45) is 0. The minimum atomic E-state index is 0.415. The van der Waals surface area contributed by atoms with Gasteiger partial charge < -0.3 is 0 Å². The van der Waals surface area contributed by atoms with E-state index < -0.39 is 0 Å². The van der Waals surface area contributed by atoms with E-state index in [1.54, 1.807) is 0 Å². The van der Waals surface area contributed by atoms with Gasteiger partial charge in [-0.1, -0.05) is 0 Å². The van der Waals surface area contributed by atoms with Crippen molar-refractivity contribution >= 4 is 10.9 Å². The molecule has 0 radical (unpaired) electrons. The van der Waals surface area contributed by atoms with E-state index in [9.17, 15) is 0 Å². The summed E-state index contributed by atoms with van der Waals surface area (Å²) in [5.74, 6) is 0. The van der Waals surface area contributed by atoms with E-state index in [1.807, 2.05) is 0 Å². The summed E-state index contributed by atoms with van der Waals surface area (Å²) in [5, 5.41) is 5.98. The third kappa shape index (κ3) is 1.44. The highest BCUT2D eigenvalue weighted by atomic mass is 15.3. The minimum Gasteiger partial charge on any atom is -0.262 e. The zero-order valence-corrected chi connectivity index (χ0v) is 11.0. The SMILES string of the molecule is Cc1cc2c(c(C)nn2C(C)C)c(C)c1C. The summed E-state index contributed by atoms with van der Waals surface area (Å²) in [5.41, 5.74) is 6.53. The second kappa shape index (κ2) is 3.62. The van der Waals surface area contributed by atoms with Gasteiger partial charge in [0.1, 0.15) is 0 Å². The number of hydrogen-bond donors (Lipinski definition) is 0. The highest BCUT2D eigenvalue weighted by Crippen LogP contribution is 2.28. The van der Waals surface area contributed by atoms with Gasteiger partial charge in [-0.15, -0.1) is 0 Å². The molecule has 1 aromatic heterocycles. The average molecular weight is 216 g/mol. The van der Waals surface area contributed by atoms with Gasteiger partial charge in [0.15, 0.2) is 0 Å². The molecule has 0 saturated heterocycles. The van der Waals surface area contributed by atoms with Crippen LogP contribution < -0.4 is 0 Å². The Bertz CT molecular complexity index is 548. The second-order valence-electron chi connectivity index (χ2n) is 4.96. The Hall–Kier alpha value is -1.31. The number of benzene rings is 1. The van der Waals surface area contributed by atoms with Gasteiger partial charge in [0.2, 0.25) is 0 Å². The fourth-order valence-corrected chi connectivity index (χ4v) is 2.36. The maximum Gasteiger partial charge on any atom is 0.0693 e. The summed E-state index contributed by atoms with van der Waals surface area (Å²) in [4.78, 5) is 0. The maximum absolute atomic E-state index is 4.65. The molecule has 1 aromatic carbocycles. The van der Waals surface area contributed by atoms with E-state index >= 15 is 0 Å². The van der Waals surface area contributed by atoms with Crippen molar-refractivity contribution in [1.29, 1.82) is 0 Å². The number of nitrogens with zero attached hydrogens (tertiary/aromatic N) is 2. The molecule has 1 heterocycles. The van der Waals surface area contributed by atoms with Gasteiger partial charge >= 0.3 is 0 Å². The van der Waals surface area contributed by atoms with Gasteiger partial charge in [-0.25, -0.2) is 0 Å². The minimum absolute atomic E-state index is 0.415. The standard InChI is InChI=1S/C14H20N2/c1-8(2)16-13-7-9(3)10(4)11(5)14(13)12(6)15-16/h7-8H,1-6H3. The highest BCUT2D eigenvalue weighted by Gasteiger charge is 2.14. The van der Waals surface area contributed by atoms with Crippen LogP contribution in [0.2, 0.25) is 0 Å². The lowest BCUT2D eigenvalue weighted by Gasteiger charge is -2.10. The molecule has 0 bridgehead atoms. The molecule has 0 spiro atoms. The molecule has 0 amide bonds. The molecule has 0 N–H and O–H groups in total. The third-order valence-corrected chi connectivity index (χ3v) is 3.49. The van der Waals surface area contributed by atoms with E-state index in [0.29, 0.717) is 6.04 Å². The average Bonchev–Trinajstić information content (AvgIpc) is 2.52. The normalized spacial score (nSPS) is 11.7. The quantitative estimate of drug-likeness (QED) is 0.708. The van der Waals surface area contributed by atoms with Crippen LogP contribution in [-0.4, -0.2) is 9.78 Å². The molecule has 0 unspecified atom stereocenters. The fraction of sp³-hybridized carbons (Fsp3) is 0.500. The van der Waals surface area contributed by atoms with Crippen molar-refractivity contribution in [3.05, 3.63) is 28.5 Å². The summed E-state index contributed by atoms with van der Waals surface area (Å²) >= 11 is 0. The van der Waals surface area contributed by atoms with Gasteiger partial charge in [-0.2, -0.15) is 5.10 Å². The Morgan fingerprint density at radius 2 is 1.69 bits per heavy atom. The number of hydrogen-bond acceptors (Lipinski definition) is 1. The molecule has 0 atom stereocenters. The van der Waals surface area contributed by atoms with E-state index in [-0.39, 0.29) is 0 Å². The van der Waals surface area contributed by atoms with Gasteiger partial charge in [-0.05, 0) is 64.3 Å². The molecule has 0 fully saturated rings. The van der Waals surface area contributed by atoms with Crippen molar-refractivity contribution in [2.45, 2.75) is 47.6 Å². The molecule has 2 nitrogen and oxygen atoms in total. The van der Waals surface area contributed by atoms with Crippen molar-refractivity contribution in [3.63, 3.8) is 0 Å². The summed E-state index contributed by atoms with van der Waals surface area (Å²) in [7, 11) is 0. The van der Waals surface area contributed by atoms with E-state index in [2.05, 4.69) is 57.4 Å². The first-order chi connectivity index (χ1) is 7.43. The number of fused-ring (bicyclic) bond motifs is 1. The van der Waals surface area contributed by atoms with E-state index in [1.165, 1.54) is 27.6 Å². The van der Waals surface area contributed by atoms with Gasteiger partial charge in [-0.3, -0.25) is 4.68 Å². The number of rotatable bonds is 1. The van der Waals surface area contributed by atoms with Crippen molar-refractivity contribution in [2.75, 3.05) is 0 Å². The summed E-state index contributed by atoms with van der Waals surface area (Å²) in [6.45, 7) is 13.0. The fourth-order valence-electron chi connectivity index (χ4n) is 2.36. The van der Waals surface area contributed by atoms with Crippen molar-refractivity contribution in [1.82, 2.24) is 9.78 Å². The van der Waals surface area contributed by atoms with Crippen molar-refractivity contribution in [3.8, 4) is 0 Å². The molecule has 2 aromatic rings. The first-order valence-corrected chi connectivity index (χ1v) is 5.89. The third-order valence-electron chi connectivity index (χ3n) is 3.49. The maximum atomic E-state index is 4.65. The predicted octanol–water partition coefficient (Wildman–Crippen LogP) is 3.85. The smallest absolute Gasteiger partial charge is 0.0693 e. The number of aryl methyl sites for hydroxylation is 3. The lowest BCUT2D eigenvalue weighted by molar-refractivity contribution is 0.547. The molecule has 16 heavy (non-hydrogen) atoms. The van der Waals surface area contributed by atoms with Crippen LogP contribution in [0.25, 0.3) is 10.9 Å².